The number of anilines is 1. The Kier molecular flexibility index (Phi) is 3.10. The zero-order valence-electron chi connectivity index (χ0n) is 12.5. The van der Waals surface area contributed by atoms with E-state index in [1.807, 2.05) is 12.1 Å². The van der Waals surface area contributed by atoms with E-state index in [4.69, 9.17) is 4.42 Å². The largest absolute Gasteiger partial charge is 0.468 e. The van der Waals surface area contributed by atoms with Gasteiger partial charge in [0.25, 0.3) is 0 Å². The normalized spacial score (nSPS) is 27.5. The van der Waals surface area contributed by atoms with Crippen molar-refractivity contribution in [2.45, 2.75) is 18.5 Å². The lowest BCUT2D eigenvalue weighted by molar-refractivity contribution is 0.327. The summed E-state index contributed by atoms with van der Waals surface area (Å²) in [7, 11) is 0. The van der Waals surface area contributed by atoms with Crippen LogP contribution in [0.3, 0.4) is 0 Å². The van der Waals surface area contributed by atoms with Crippen LogP contribution in [-0.4, -0.2) is 29.1 Å². The quantitative estimate of drug-likeness (QED) is 0.753. The molecule has 0 aromatic carbocycles. The molecule has 2 fully saturated rings. The van der Waals surface area contributed by atoms with E-state index in [1.165, 1.54) is 0 Å². The van der Waals surface area contributed by atoms with E-state index in [-0.39, 0.29) is 6.04 Å². The lowest BCUT2D eigenvalue weighted by Gasteiger charge is -2.36. The Morgan fingerprint density at radius 1 is 1.26 bits per heavy atom. The molecule has 0 bridgehead atoms. The minimum atomic E-state index is 0.206. The molecule has 3 aromatic heterocycles. The molecule has 118 valence electrons. The van der Waals surface area contributed by atoms with Crippen molar-refractivity contribution in [1.29, 1.82) is 0 Å². The second kappa shape index (κ2) is 5.30. The summed E-state index contributed by atoms with van der Waals surface area (Å²) < 4.78 is 5.62. The number of nitrogens with zero attached hydrogens (tertiary/aromatic N) is 3. The molecule has 7 heteroatoms. The van der Waals surface area contributed by atoms with E-state index in [0.717, 1.165) is 41.3 Å². The first-order chi connectivity index (χ1) is 11.4. The van der Waals surface area contributed by atoms with Crippen LogP contribution in [0.4, 0.5) is 5.82 Å². The summed E-state index contributed by atoms with van der Waals surface area (Å²) in [5, 5.41) is 3.24. The molecule has 5 heterocycles. The Bertz CT molecular complexity index is 817. The van der Waals surface area contributed by atoms with Gasteiger partial charge in [0.2, 0.25) is 0 Å². The molecule has 3 atom stereocenters. The number of rotatable bonds is 2. The number of hydrazine groups is 1. The molecule has 5 rings (SSSR count). The highest BCUT2D eigenvalue weighted by atomic mass is 32.1. The third kappa shape index (κ3) is 2.15. The molecule has 3 aromatic rings. The zero-order chi connectivity index (χ0) is 15.2. The van der Waals surface area contributed by atoms with Gasteiger partial charge in [-0.05, 0) is 30.0 Å². The number of thiophene rings is 1. The first-order valence-corrected chi connectivity index (χ1v) is 8.76. The smallest absolute Gasteiger partial charge is 0.140 e. The van der Waals surface area contributed by atoms with Gasteiger partial charge >= 0.3 is 0 Å². The standard InChI is InChI=1S/C16H17N5OS/c1-2-13(22-6-1)14-11-8-21(5-3-12(11)19-20-14)15-10-4-7-23-16(10)18-9-17-15/h1-2,4,6-7,9,11-12,14,19-20H,3,5,8H2. The highest BCUT2D eigenvalue weighted by molar-refractivity contribution is 7.16. The number of hydrogen-bond acceptors (Lipinski definition) is 7. The average Bonchev–Trinajstić information content (AvgIpc) is 3.32. The summed E-state index contributed by atoms with van der Waals surface area (Å²) in [5.74, 6) is 2.51. The SMILES string of the molecule is c1coc(C2NNC3CCN(c4ncnc5sccc45)CC32)c1. The van der Waals surface area contributed by atoms with Crippen molar-refractivity contribution < 1.29 is 4.42 Å². The van der Waals surface area contributed by atoms with Crippen LogP contribution in [0.25, 0.3) is 10.2 Å². The fraction of sp³-hybridized carbons (Fsp3) is 0.375. The van der Waals surface area contributed by atoms with Gasteiger partial charge in [0.15, 0.2) is 0 Å². The first kappa shape index (κ1) is 13.5. The minimum Gasteiger partial charge on any atom is -0.468 e. The van der Waals surface area contributed by atoms with E-state index in [0.29, 0.717) is 12.0 Å². The maximum atomic E-state index is 5.62. The maximum Gasteiger partial charge on any atom is 0.140 e. The van der Waals surface area contributed by atoms with Crippen LogP contribution in [0.15, 0.2) is 40.6 Å². The second-order valence-corrected chi connectivity index (χ2v) is 7.02. The lowest BCUT2D eigenvalue weighted by Crippen LogP contribution is -2.45. The Balaban J connectivity index is 1.47. The third-order valence-electron chi connectivity index (χ3n) is 4.90. The zero-order valence-corrected chi connectivity index (χ0v) is 13.3. The van der Waals surface area contributed by atoms with E-state index in [1.54, 1.807) is 23.9 Å². The van der Waals surface area contributed by atoms with Crippen molar-refractivity contribution in [1.82, 2.24) is 20.8 Å². The van der Waals surface area contributed by atoms with E-state index >= 15 is 0 Å². The fourth-order valence-corrected chi connectivity index (χ4v) is 4.50. The molecule has 0 amide bonds. The van der Waals surface area contributed by atoms with Crippen molar-refractivity contribution in [2.24, 2.45) is 5.92 Å². The summed E-state index contributed by atoms with van der Waals surface area (Å²) in [4.78, 5) is 12.4. The van der Waals surface area contributed by atoms with Gasteiger partial charge in [0.05, 0.1) is 17.7 Å². The van der Waals surface area contributed by atoms with Crippen LogP contribution in [0.5, 0.6) is 0 Å². The third-order valence-corrected chi connectivity index (χ3v) is 5.72. The van der Waals surface area contributed by atoms with Gasteiger partial charge in [-0.2, -0.15) is 0 Å². The molecule has 2 saturated heterocycles. The number of piperidine rings is 1. The summed E-state index contributed by atoms with van der Waals surface area (Å²) in [5.41, 5.74) is 6.84. The van der Waals surface area contributed by atoms with E-state index in [9.17, 15) is 0 Å². The number of aromatic nitrogens is 2. The average molecular weight is 327 g/mol. The fourth-order valence-electron chi connectivity index (χ4n) is 3.77. The van der Waals surface area contributed by atoms with Crippen LogP contribution in [0.2, 0.25) is 0 Å². The molecule has 0 saturated carbocycles. The Hall–Kier alpha value is -1.96. The van der Waals surface area contributed by atoms with Crippen LogP contribution in [0, 0.1) is 5.92 Å². The van der Waals surface area contributed by atoms with Crippen LogP contribution >= 0.6 is 11.3 Å². The second-order valence-electron chi connectivity index (χ2n) is 6.12. The van der Waals surface area contributed by atoms with E-state index < -0.39 is 0 Å². The minimum absolute atomic E-state index is 0.206. The topological polar surface area (TPSA) is 66.2 Å². The van der Waals surface area contributed by atoms with Gasteiger partial charge in [-0.25, -0.2) is 15.4 Å². The highest BCUT2D eigenvalue weighted by Crippen LogP contribution is 2.36. The summed E-state index contributed by atoms with van der Waals surface area (Å²) >= 11 is 1.67. The van der Waals surface area contributed by atoms with Crippen molar-refractivity contribution >= 4 is 27.4 Å². The molecule has 0 aliphatic carbocycles. The van der Waals surface area contributed by atoms with Gasteiger partial charge in [0, 0.05) is 25.0 Å². The summed E-state index contributed by atoms with van der Waals surface area (Å²) in [6.07, 6.45) is 4.50. The van der Waals surface area contributed by atoms with Gasteiger partial charge in [-0.1, -0.05) is 0 Å². The van der Waals surface area contributed by atoms with Gasteiger partial charge in [0.1, 0.15) is 22.7 Å². The highest BCUT2D eigenvalue weighted by Gasteiger charge is 2.42. The molecule has 2 aliphatic rings. The number of hydrogen-bond donors (Lipinski definition) is 2. The molecular weight excluding hydrogens is 310 g/mol. The van der Waals surface area contributed by atoms with Gasteiger partial charge < -0.3 is 9.32 Å². The van der Waals surface area contributed by atoms with Gasteiger partial charge in [-0.15, -0.1) is 11.3 Å². The number of furan rings is 1. The summed E-state index contributed by atoms with van der Waals surface area (Å²) in [6.45, 7) is 1.96. The molecule has 2 aliphatic heterocycles. The Labute approximate surface area is 137 Å². The van der Waals surface area contributed by atoms with Gasteiger partial charge in [-0.3, -0.25) is 5.43 Å². The number of fused-ring (bicyclic) bond motifs is 2. The van der Waals surface area contributed by atoms with Crippen molar-refractivity contribution in [3.8, 4) is 0 Å². The summed E-state index contributed by atoms with van der Waals surface area (Å²) in [6, 6.07) is 6.79. The first-order valence-electron chi connectivity index (χ1n) is 7.88. The van der Waals surface area contributed by atoms with Crippen LogP contribution in [0.1, 0.15) is 18.2 Å². The predicted octanol–water partition coefficient (Wildman–Crippen LogP) is 2.33. The van der Waals surface area contributed by atoms with Crippen LogP contribution in [-0.2, 0) is 0 Å². The molecule has 0 spiro atoms. The Morgan fingerprint density at radius 2 is 2.26 bits per heavy atom. The maximum absolute atomic E-state index is 5.62. The van der Waals surface area contributed by atoms with Crippen molar-refractivity contribution in [3.63, 3.8) is 0 Å². The molecule has 23 heavy (non-hydrogen) atoms. The monoisotopic (exact) mass is 327 g/mol. The molecular formula is C16H17N5OS. The lowest BCUT2D eigenvalue weighted by atomic mass is 9.87. The van der Waals surface area contributed by atoms with Crippen molar-refractivity contribution in [2.75, 3.05) is 18.0 Å². The molecule has 0 radical (unpaired) electrons. The molecule has 6 nitrogen and oxygen atoms in total. The molecule has 3 unspecified atom stereocenters. The van der Waals surface area contributed by atoms with Crippen LogP contribution < -0.4 is 15.8 Å². The number of nitrogens with one attached hydrogen (secondary N) is 2. The van der Waals surface area contributed by atoms with Crippen molar-refractivity contribution in [3.05, 3.63) is 41.9 Å². The molecule has 2 N–H and O–H groups in total. The van der Waals surface area contributed by atoms with E-state index in [2.05, 4.69) is 37.2 Å². The predicted molar refractivity (Wildman–Crippen MR) is 89.2 cm³/mol. The Morgan fingerprint density at radius 3 is 3.17 bits per heavy atom.